The summed E-state index contributed by atoms with van der Waals surface area (Å²) >= 11 is 0. The van der Waals surface area contributed by atoms with Crippen molar-refractivity contribution in [1.82, 2.24) is 19.2 Å². The predicted molar refractivity (Wildman–Crippen MR) is 105 cm³/mol. The smallest absolute Gasteiger partial charge is 0.275 e. The predicted octanol–water partition coefficient (Wildman–Crippen LogP) is 1.90. The Morgan fingerprint density at radius 1 is 1.17 bits per heavy atom. The number of anilines is 1. The molecule has 0 aliphatic carbocycles. The van der Waals surface area contributed by atoms with E-state index in [1.165, 1.54) is 6.07 Å². The lowest BCUT2D eigenvalue weighted by atomic mass is 10.2. The summed E-state index contributed by atoms with van der Waals surface area (Å²) in [5, 5.41) is 16.2. The van der Waals surface area contributed by atoms with Gasteiger partial charge < -0.3 is 19.4 Å². The van der Waals surface area contributed by atoms with Crippen molar-refractivity contribution in [3.05, 3.63) is 69.8 Å². The van der Waals surface area contributed by atoms with Crippen LogP contribution in [0.3, 0.4) is 0 Å². The number of fused-ring (bicyclic) bond motifs is 1. The third-order valence-corrected chi connectivity index (χ3v) is 4.47. The highest BCUT2D eigenvalue weighted by molar-refractivity contribution is 5.90. The van der Waals surface area contributed by atoms with Gasteiger partial charge in [0.25, 0.3) is 5.56 Å². The molecule has 0 unspecified atom stereocenters. The molecule has 1 aromatic carbocycles. The van der Waals surface area contributed by atoms with E-state index in [1.54, 1.807) is 23.6 Å². The summed E-state index contributed by atoms with van der Waals surface area (Å²) in [6.45, 7) is 3.41. The number of aryl methyl sites for hydroxylation is 2. The Bertz CT molecular complexity index is 1250. The van der Waals surface area contributed by atoms with Crippen molar-refractivity contribution >= 4 is 17.4 Å². The summed E-state index contributed by atoms with van der Waals surface area (Å²) in [6, 6.07) is 12.1. The molecule has 9 heteroatoms. The number of aliphatic hydroxyl groups is 1. The van der Waals surface area contributed by atoms with E-state index in [-0.39, 0.29) is 36.2 Å². The Morgan fingerprint density at radius 3 is 2.62 bits per heavy atom. The van der Waals surface area contributed by atoms with Gasteiger partial charge in [0, 0.05) is 17.4 Å². The maximum atomic E-state index is 12.6. The van der Waals surface area contributed by atoms with Crippen molar-refractivity contribution in [2.45, 2.75) is 27.0 Å². The molecule has 0 saturated carbocycles. The SMILES string of the molecule is Cc1ccc(NC(=O)Cn2c(C)cc(=O)n3nc(-c4ccc(CO)o4)nc23)cc1. The third-order valence-electron chi connectivity index (χ3n) is 4.47. The maximum absolute atomic E-state index is 12.6. The lowest BCUT2D eigenvalue weighted by molar-refractivity contribution is -0.116. The number of rotatable bonds is 5. The molecule has 4 rings (SSSR count). The standard InChI is InChI=1S/C20H19N5O4/c1-12-3-5-14(6-4-12)21-17(27)10-24-13(2)9-18(28)25-20(24)22-19(23-25)16-8-7-15(11-26)29-16/h3-9,26H,10-11H2,1-2H3,(H,21,27). The molecular formula is C20H19N5O4. The molecule has 0 bridgehead atoms. The maximum Gasteiger partial charge on any atom is 0.275 e. The Hall–Kier alpha value is -3.72. The Kier molecular flexibility index (Phi) is 4.73. The Labute approximate surface area is 165 Å². The average Bonchev–Trinajstić information content (AvgIpc) is 3.34. The second-order valence-electron chi connectivity index (χ2n) is 6.70. The number of nitrogens with zero attached hydrogens (tertiary/aromatic N) is 4. The van der Waals surface area contributed by atoms with Gasteiger partial charge in [0.05, 0.1) is 0 Å². The molecule has 1 amide bonds. The fourth-order valence-corrected chi connectivity index (χ4v) is 2.97. The molecule has 148 valence electrons. The van der Waals surface area contributed by atoms with Gasteiger partial charge in [-0.15, -0.1) is 5.10 Å². The molecular weight excluding hydrogens is 374 g/mol. The first-order valence-electron chi connectivity index (χ1n) is 8.98. The topological polar surface area (TPSA) is 115 Å². The molecule has 9 nitrogen and oxygen atoms in total. The summed E-state index contributed by atoms with van der Waals surface area (Å²) in [4.78, 5) is 29.3. The molecule has 0 spiro atoms. The second-order valence-corrected chi connectivity index (χ2v) is 6.70. The molecule has 3 heterocycles. The number of furan rings is 1. The molecule has 4 aromatic rings. The van der Waals surface area contributed by atoms with Crippen LogP contribution in [0.5, 0.6) is 0 Å². The monoisotopic (exact) mass is 393 g/mol. The van der Waals surface area contributed by atoms with E-state index in [9.17, 15) is 9.59 Å². The van der Waals surface area contributed by atoms with E-state index >= 15 is 0 Å². The lowest BCUT2D eigenvalue weighted by Gasteiger charge is -2.11. The van der Waals surface area contributed by atoms with Gasteiger partial charge in [-0.25, -0.2) is 0 Å². The van der Waals surface area contributed by atoms with Crippen LogP contribution in [0.2, 0.25) is 0 Å². The fraction of sp³-hybridized carbons (Fsp3) is 0.200. The van der Waals surface area contributed by atoms with Crippen LogP contribution in [0.4, 0.5) is 5.69 Å². The lowest BCUT2D eigenvalue weighted by Crippen LogP contribution is -2.25. The third kappa shape index (κ3) is 3.67. The number of hydrogen-bond acceptors (Lipinski definition) is 6. The van der Waals surface area contributed by atoms with Gasteiger partial charge in [0.1, 0.15) is 18.9 Å². The number of nitrogens with one attached hydrogen (secondary N) is 1. The molecule has 0 aliphatic rings. The van der Waals surface area contributed by atoms with Crippen LogP contribution in [0, 0.1) is 13.8 Å². The molecule has 3 aromatic heterocycles. The normalized spacial score (nSPS) is 11.1. The van der Waals surface area contributed by atoms with Crippen LogP contribution in [0.25, 0.3) is 17.4 Å². The average molecular weight is 393 g/mol. The first kappa shape index (κ1) is 18.6. The van der Waals surface area contributed by atoms with Crippen LogP contribution < -0.4 is 10.9 Å². The van der Waals surface area contributed by atoms with Crippen LogP contribution in [0.1, 0.15) is 17.0 Å². The number of hydrogen-bond donors (Lipinski definition) is 2. The van der Waals surface area contributed by atoms with Gasteiger partial charge in [-0.3, -0.25) is 9.59 Å². The van der Waals surface area contributed by atoms with Crippen LogP contribution in [-0.2, 0) is 17.9 Å². The van der Waals surface area contributed by atoms with Crippen molar-refractivity contribution in [3.8, 4) is 11.6 Å². The molecule has 0 atom stereocenters. The quantitative estimate of drug-likeness (QED) is 0.535. The van der Waals surface area contributed by atoms with E-state index in [0.29, 0.717) is 22.9 Å². The van der Waals surface area contributed by atoms with Crippen molar-refractivity contribution < 1.29 is 14.3 Å². The summed E-state index contributed by atoms with van der Waals surface area (Å²) in [5.41, 5.74) is 2.00. The van der Waals surface area contributed by atoms with Gasteiger partial charge in [0.15, 0.2) is 5.76 Å². The van der Waals surface area contributed by atoms with Crippen LogP contribution >= 0.6 is 0 Å². The van der Waals surface area contributed by atoms with E-state index in [0.717, 1.165) is 10.1 Å². The largest absolute Gasteiger partial charge is 0.455 e. The fourth-order valence-electron chi connectivity index (χ4n) is 2.97. The van der Waals surface area contributed by atoms with E-state index in [4.69, 9.17) is 9.52 Å². The van der Waals surface area contributed by atoms with Crippen molar-refractivity contribution in [2.24, 2.45) is 0 Å². The zero-order chi connectivity index (χ0) is 20.5. The van der Waals surface area contributed by atoms with E-state index in [1.807, 2.05) is 31.2 Å². The number of aromatic nitrogens is 4. The zero-order valence-electron chi connectivity index (χ0n) is 15.9. The summed E-state index contributed by atoms with van der Waals surface area (Å²) < 4.78 is 8.19. The second kappa shape index (κ2) is 7.36. The van der Waals surface area contributed by atoms with Gasteiger partial charge in [-0.05, 0) is 38.1 Å². The first-order valence-corrected chi connectivity index (χ1v) is 8.98. The van der Waals surface area contributed by atoms with E-state index in [2.05, 4.69) is 15.4 Å². The van der Waals surface area contributed by atoms with Crippen molar-refractivity contribution in [3.63, 3.8) is 0 Å². The van der Waals surface area contributed by atoms with Gasteiger partial charge in [-0.1, -0.05) is 17.7 Å². The number of benzene rings is 1. The molecule has 0 fully saturated rings. The Morgan fingerprint density at radius 2 is 1.93 bits per heavy atom. The molecule has 0 saturated heterocycles. The molecule has 0 radical (unpaired) electrons. The first-order chi connectivity index (χ1) is 13.9. The minimum atomic E-state index is -0.361. The highest BCUT2D eigenvalue weighted by Crippen LogP contribution is 2.19. The van der Waals surface area contributed by atoms with Crippen molar-refractivity contribution in [1.29, 1.82) is 0 Å². The van der Waals surface area contributed by atoms with Crippen molar-refractivity contribution in [2.75, 3.05) is 5.32 Å². The van der Waals surface area contributed by atoms with E-state index < -0.39 is 0 Å². The van der Waals surface area contributed by atoms with Gasteiger partial charge in [0.2, 0.25) is 17.5 Å². The van der Waals surface area contributed by atoms with Crippen LogP contribution in [0.15, 0.2) is 51.7 Å². The number of carbonyl (C=O) groups excluding carboxylic acids is 1. The van der Waals surface area contributed by atoms with Gasteiger partial charge in [-0.2, -0.15) is 9.50 Å². The molecule has 2 N–H and O–H groups in total. The number of carbonyl (C=O) groups is 1. The minimum Gasteiger partial charge on any atom is -0.455 e. The Balaban J connectivity index is 1.68. The minimum absolute atomic E-state index is 0.0400. The summed E-state index contributed by atoms with van der Waals surface area (Å²) in [7, 11) is 0. The van der Waals surface area contributed by atoms with Crippen LogP contribution in [-0.4, -0.2) is 30.2 Å². The summed E-state index contributed by atoms with van der Waals surface area (Å²) in [5.74, 6) is 0.854. The zero-order valence-corrected chi connectivity index (χ0v) is 15.9. The molecule has 29 heavy (non-hydrogen) atoms. The molecule has 0 aliphatic heterocycles. The summed E-state index contributed by atoms with van der Waals surface area (Å²) in [6.07, 6.45) is 0. The number of aliphatic hydroxyl groups excluding tert-OH is 1. The highest BCUT2D eigenvalue weighted by atomic mass is 16.4. The highest BCUT2D eigenvalue weighted by Gasteiger charge is 2.17. The number of amides is 1. The van der Waals surface area contributed by atoms with Gasteiger partial charge >= 0.3 is 0 Å².